The minimum Gasteiger partial charge on any atom is -0.480 e. The van der Waals surface area contributed by atoms with Crippen molar-refractivity contribution in [3.8, 4) is 0 Å². The molecule has 0 saturated carbocycles. The number of rotatable bonds is 3. The number of hydrogen-bond acceptors (Lipinski definition) is 4. The Morgan fingerprint density at radius 1 is 1.19 bits per heavy atom. The Kier molecular flexibility index (Phi) is 3.64. The van der Waals surface area contributed by atoms with Crippen LogP contribution in [-0.4, -0.2) is 41.5 Å². The summed E-state index contributed by atoms with van der Waals surface area (Å²) in [6, 6.07) is 11.2. The summed E-state index contributed by atoms with van der Waals surface area (Å²) in [5.74, 6) is -0.661. The second-order valence-electron chi connectivity index (χ2n) is 4.72. The topological polar surface area (TPSA) is 74.7 Å². The van der Waals surface area contributed by atoms with Crippen molar-refractivity contribution in [2.45, 2.75) is 10.9 Å². The molecule has 2 aromatic carbocycles. The van der Waals surface area contributed by atoms with E-state index in [0.717, 1.165) is 9.69 Å². The maximum atomic E-state index is 12.8. The van der Waals surface area contributed by atoms with Gasteiger partial charge in [-0.2, -0.15) is 4.31 Å². The highest BCUT2D eigenvalue weighted by atomic mass is 32.2. The molecule has 1 N–H and O–H groups in total. The molecule has 1 atom stereocenters. The van der Waals surface area contributed by atoms with E-state index in [-0.39, 0.29) is 16.5 Å². The second kappa shape index (κ2) is 5.32. The fraction of sp³-hybridized carbons (Fsp3) is 0.214. The van der Waals surface area contributed by atoms with Gasteiger partial charge in [0.05, 0.1) is 10.8 Å². The van der Waals surface area contributed by atoms with Crippen molar-refractivity contribution in [2.24, 2.45) is 0 Å². The van der Waals surface area contributed by atoms with Crippen molar-refractivity contribution in [1.29, 1.82) is 0 Å². The zero-order chi connectivity index (χ0) is 15.0. The molecule has 0 radical (unpaired) electrons. The average molecular weight is 323 g/mol. The molecule has 0 aromatic heterocycles. The number of hydrogen-bond donors (Lipinski definition) is 1. The maximum Gasteiger partial charge on any atom is 0.322 e. The molecular formula is C14H13NO4S2. The van der Waals surface area contributed by atoms with Crippen molar-refractivity contribution in [3.63, 3.8) is 0 Å². The number of sulfonamides is 1. The first-order chi connectivity index (χ1) is 10.0. The molecule has 1 heterocycles. The first-order valence-corrected chi connectivity index (χ1v) is 8.91. The summed E-state index contributed by atoms with van der Waals surface area (Å²) in [4.78, 5) is 11.4. The van der Waals surface area contributed by atoms with Crippen LogP contribution in [0.5, 0.6) is 0 Å². The Bertz CT molecular complexity index is 798. The number of benzene rings is 2. The molecule has 3 rings (SSSR count). The zero-order valence-corrected chi connectivity index (χ0v) is 12.6. The summed E-state index contributed by atoms with van der Waals surface area (Å²) in [5, 5.41) is 10.6. The summed E-state index contributed by atoms with van der Waals surface area (Å²) >= 11 is 1.31. The number of aliphatic carboxylic acids is 1. The van der Waals surface area contributed by atoms with Crippen LogP contribution in [0.1, 0.15) is 0 Å². The molecule has 0 bridgehead atoms. The predicted molar refractivity (Wildman–Crippen MR) is 81.7 cm³/mol. The van der Waals surface area contributed by atoms with Crippen LogP contribution in [0.25, 0.3) is 10.8 Å². The molecule has 0 aliphatic carbocycles. The minimum atomic E-state index is -3.83. The number of carboxylic acids is 1. The average Bonchev–Trinajstić information content (AvgIpc) is 2.97. The number of thioether (sulfide) groups is 1. The molecular weight excluding hydrogens is 310 g/mol. The fourth-order valence-corrected chi connectivity index (χ4v) is 5.76. The lowest BCUT2D eigenvalue weighted by atomic mass is 10.1. The predicted octanol–water partition coefficient (Wildman–Crippen LogP) is 1.99. The monoisotopic (exact) mass is 323 g/mol. The van der Waals surface area contributed by atoms with E-state index in [4.69, 9.17) is 0 Å². The molecule has 1 saturated heterocycles. The van der Waals surface area contributed by atoms with Gasteiger partial charge in [0, 0.05) is 11.1 Å². The largest absolute Gasteiger partial charge is 0.480 e. The second-order valence-corrected chi connectivity index (χ2v) is 7.58. The van der Waals surface area contributed by atoms with Gasteiger partial charge in [-0.1, -0.05) is 36.4 Å². The number of fused-ring (bicyclic) bond motifs is 1. The van der Waals surface area contributed by atoms with Crippen LogP contribution in [0.2, 0.25) is 0 Å². The highest BCUT2D eigenvalue weighted by Crippen LogP contribution is 2.31. The number of carboxylic acid groups (broad SMARTS) is 1. The fourth-order valence-electron chi connectivity index (χ4n) is 2.41. The van der Waals surface area contributed by atoms with Gasteiger partial charge in [-0.15, -0.1) is 11.8 Å². The highest BCUT2D eigenvalue weighted by Gasteiger charge is 2.40. The van der Waals surface area contributed by atoms with Crippen LogP contribution >= 0.6 is 11.8 Å². The normalized spacial score (nSPS) is 19.9. The van der Waals surface area contributed by atoms with Crippen LogP contribution in [-0.2, 0) is 14.8 Å². The molecule has 7 heteroatoms. The SMILES string of the molecule is O=C(O)[C@@H]1CSCN1S(=O)(=O)c1cccc2ccccc12. The highest BCUT2D eigenvalue weighted by molar-refractivity contribution is 8.00. The van der Waals surface area contributed by atoms with Crippen LogP contribution < -0.4 is 0 Å². The van der Waals surface area contributed by atoms with Gasteiger partial charge in [-0.05, 0) is 11.5 Å². The van der Waals surface area contributed by atoms with E-state index in [0.29, 0.717) is 5.39 Å². The van der Waals surface area contributed by atoms with Gasteiger partial charge in [0.25, 0.3) is 0 Å². The molecule has 2 aromatic rings. The van der Waals surface area contributed by atoms with E-state index in [2.05, 4.69) is 0 Å². The smallest absolute Gasteiger partial charge is 0.322 e. The summed E-state index contributed by atoms with van der Waals surface area (Å²) in [6.45, 7) is 0. The Hall–Kier alpha value is -1.57. The quantitative estimate of drug-likeness (QED) is 0.935. The van der Waals surface area contributed by atoms with E-state index < -0.39 is 22.0 Å². The Labute approximate surface area is 126 Å². The Morgan fingerprint density at radius 3 is 2.67 bits per heavy atom. The van der Waals surface area contributed by atoms with Crippen LogP contribution in [0.15, 0.2) is 47.4 Å². The zero-order valence-electron chi connectivity index (χ0n) is 11.0. The van der Waals surface area contributed by atoms with Gasteiger partial charge in [0.1, 0.15) is 6.04 Å². The lowest BCUT2D eigenvalue weighted by Crippen LogP contribution is -2.41. The van der Waals surface area contributed by atoms with Crippen molar-refractivity contribution >= 4 is 38.5 Å². The molecule has 0 amide bonds. The van der Waals surface area contributed by atoms with Crippen molar-refractivity contribution < 1.29 is 18.3 Å². The van der Waals surface area contributed by atoms with Gasteiger partial charge in [-0.3, -0.25) is 4.79 Å². The summed E-state index contributed by atoms with van der Waals surface area (Å²) in [7, 11) is -3.83. The van der Waals surface area contributed by atoms with Crippen LogP contribution in [0.3, 0.4) is 0 Å². The number of nitrogens with zero attached hydrogens (tertiary/aromatic N) is 1. The summed E-state index contributed by atoms with van der Waals surface area (Å²) in [6.07, 6.45) is 0. The molecule has 0 spiro atoms. The van der Waals surface area contributed by atoms with Gasteiger partial charge < -0.3 is 5.11 Å². The first-order valence-electron chi connectivity index (χ1n) is 6.32. The summed E-state index contributed by atoms with van der Waals surface area (Å²) < 4.78 is 26.7. The van der Waals surface area contributed by atoms with E-state index in [1.54, 1.807) is 18.2 Å². The lowest BCUT2D eigenvalue weighted by Gasteiger charge is -2.21. The third kappa shape index (κ3) is 2.41. The van der Waals surface area contributed by atoms with Crippen molar-refractivity contribution in [1.82, 2.24) is 4.31 Å². The minimum absolute atomic E-state index is 0.161. The summed E-state index contributed by atoms with van der Waals surface area (Å²) in [5.41, 5.74) is 0. The van der Waals surface area contributed by atoms with Crippen molar-refractivity contribution in [2.75, 3.05) is 11.6 Å². The standard InChI is InChI=1S/C14H13NO4S2/c16-14(17)12-8-20-9-15(12)21(18,19)13-7-3-5-10-4-1-2-6-11(10)13/h1-7,12H,8-9H2,(H,16,17)/t12-/m0/s1. The third-order valence-electron chi connectivity index (χ3n) is 3.46. The van der Waals surface area contributed by atoms with Gasteiger partial charge >= 0.3 is 5.97 Å². The number of carbonyl (C=O) groups is 1. The van der Waals surface area contributed by atoms with E-state index in [1.165, 1.54) is 17.8 Å². The molecule has 1 fully saturated rings. The Morgan fingerprint density at radius 2 is 1.90 bits per heavy atom. The van der Waals surface area contributed by atoms with E-state index >= 15 is 0 Å². The van der Waals surface area contributed by atoms with Crippen molar-refractivity contribution in [3.05, 3.63) is 42.5 Å². The molecule has 110 valence electrons. The van der Waals surface area contributed by atoms with E-state index in [9.17, 15) is 18.3 Å². The van der Waals surface area contributed by atoms with E-state index in [1.807, 2.05) is 18.2 Å². The van der Waals surface area contributed by atoms with Gasteiger partial charge in [-0.25, -0.2) is 8.42 Å². The molecule has 1 aliphatic rings. The molecule has 0 unspecified atom stereocenters. The lowest BCUT2D eigenvalue weighted by molar-refractivity contribution is -0.140. The molecule has 5 nitrogen and oxygen atoms in total. The van der Waals surface area contributed by atoms with Gasteiger partial charge in [0.15, 0.2) is 0 Å². The third-order valence-corrected chi connectivity index (χ3v) is 6.55. The molecule has 21 heavy (non-hydrogen) atoms. The maximum absolute atomic E-state index is 12.8. The van der Waals surface area contributed by atoms with Crippen LogP contribution in [0.4, 0.5) is 0 Å². The van der Waals surface area contributed by atoms with Crippen LogP contribution in [0, 0.1) is 0 Å². The Balaban J connectivity index is 2.15. The molecule has 1 aliphatic heterocycles. The van der Waals surface area contributed by atoms with Gasteiger partial charge in [0.2, 0.25) is 10.0 Å². The first kappa shape index (κ1) is 14.4.